The number of hydrogen-bond donors (Lipinski definition) is 0. The molecule has 1 aromatic carbocycles. The molecule has 2 aliphatic rings. The largest absolute Gasteiger partial charge is 0.342 e. The zero-order valence-corrected chi connectivity index (χ0v) is 14.5. The minimum Gasteiger partial charge on any atom is -0.342 e. The Kier molecular flexibility index (Phi) is 4.55. The van der Waals surface area contributed by atoms with Crippen LogP contribution in [0.5, 0.6) is 0 Å². The standard InChI is InChI=1S/C20H24FN3O/c21-16-6-7-18-19(13-16)24(14-22-18)17-8-10-23(11-9-17)20(25)12-15-4-2-1-3-5-15/h4,6-7,13-14,17H,1-3,5,8-12H2. The molecule has 25 heavy (non-hydrogen) atoms. The topological polar surface area (TPSA) is 38.1 Å². The van der Waals surface area contributed by atoms with Crippen LogP contribution in [0.2, 0.25) is 0 Å². The molecular formula is C20H24FN3O. The molecule has 132 valence electrons. The Balaban J connectivity index is 1.40. The molecule has 4 rings (SSSR count). The van der Waals surface area contributed by atoms with E-state index in [1.807, 2.05) is 4.90 Å². The maximum atomic E-state index is 13.6. The molecule has 1 aromatic heterocycles. The Morgan fingerprint density at radius 3 is 2.84 bits per heavy atom. The molecule has 0 spiro atoms. The van der Waals surface area contributed by atoms with Gasteiger partial charge in [-0.15, -0.1) is 0 Å². The highest BCUT2D eigenvalue weighted by Gasteiger charge is 2.25. The summed E-state index contributed by atoms with van der Waals surface area (Å²) in [5.41, 5.74) is 2.98. The van der Waals surface area contributed by atoms with Crippen molar-refractivity contribution in [1.29, 1.82) is 0 Å². The van der Waals surface area contributed by atoms with Gasteiger partial charge in [0.1, 0.15) is 5.82 Å². The smallest absolute Gasteiger partial charge is 0.226 e. The first-order valence-corrected chi connectivity index (χ1v) is 9.28. The highest BCUT2D eigenvalue weighted by atomic mass is 19.1. The third kappa shape index (κ3) is 3.46. The fourth-order valence-corrected chi connectivity index (χ4v) is 4.05. The van der Waals surface area contributed by atoms with E-state index in [1.54, 1.807) is 18.5 Å². The highest BCUT2D eigenvalue weighted by Crippen LogP contribution is 2.28. The van der Waals surface area contributed by atoms with Gasteiger partial charge in [-0.1, -0.05) is 11.6 Å². The molecule has 0 N–H and O–H groups in total. The van der Waals surface area contributed by atoms with Crippen molar-refractivity contribution < 1.29 is 9.18 Å². The van der Waals surface area contributed by atoms with Gasteiger partial charge in [-0.25, -0.2) is 9.37 Å². The van der Waals surface area contributed by atoms with Gasteiger partial charge < -0.3 is 9.47 Å². The second-order valence-electron chi connectivity index (χ2n) is 7.18. The molecule has 4 nitrogen and oxygen atoms in total. The second kappa shape index (κ2) is 6.98. The number of benzene rings is 1. The molecule has 1 fully saturated rings. The van der Waals surface area contributed by atoms with Crippen molar-refractivity contribution in [3.8, 4) is 0 Å². The van der Waals surface area contributed by atoms with Crippen LogP contribution >= 0.6 is 0 Å². The number of imidazole rings is 1. The number of piperidine rings is 1. The van der Waals surface area contributed by atoms with E-state index in [9.17, 15) is 9.18 Å². The van der Waals surface area contributed by atoms with Crippen molar-refractivity contribution >= 4 is 16.9 Å². The third-order valence-electron chi connectivity index (χ3n) is 5.51. The number of hydrogen-bond acceptors (Lipinski definition) is 2. The summed E-state index contributed by atoms with van der Waals surface area (Å²) in [5, 5.41) is 0. The quantitative estimate of drug-likeness (QED) is 0.784. The van der Waals surface area contributed by atoms with E-state index in [1.165, 1.54) is 24.5 Å². The molecule has 0 radical (unpaired) electrons. The van der Waals surface area contributed by atoms with E-state index in [4.69, 9.17) is 0 Å². The van der Waals surface area contributed by atoms with Gasteiger partial charge in [-0.3, -0.25) is 4.79 Å². The molecule has 0 unspecified atom stereocenters. The molecule has 2 heterocycles. The maximum absolute atomic E-state index is 13.6. The summed E-state index contributed by atoms with van der Waals surface area (Å²) < 4.78 is 15.6. The number of likely N-dealkylation sites (tertiary alicyclic amines) is 1. The van der Waals surface area contributed by atoms with E-state index in [0.29, 0.717) is 6.42 Å². The van der Waals surface area contributed by atoms with Gasteiger partial charge in [0.15, 0.2) is 0 Å². The SMILES string of the molecule is O=C(CC1=CCCCC1)N1CCC(n2cnc3ccc(F)cc32)CC1. The average Bonchev–Trinajstić information content (AvgIpc) is 3.05. The van der Waals surface area contributed by atoms with Gasteiger partial charge in [0.05, 0.1) is 17.4 Å². The van der Waals surface area contributed by atoms with Gasteiger partial charge in [0.25, 0.3) is 0 Å². The average molecular weight is 341 g/mol. The van der Waals surface area contributed by atoms with Crippen LogP contribution in [-0.2, 0) is 4.79 Å². The van der Waals surface area contributed by atoms with Crippen molar-refractivity contribution in [3.05, 3.63) is 42.0 Å². The number of amides is 1. The molecule has 0 saturated carbocycles. The van der Waals surface area contributed by atoms with Gasteiger partial charge in [-0.05, 0) is 56.7 Å². The minimum atomic E-state index is -0.234. The summed E-state index contributed by atoms with van der Waals surface area (Å²) in [6.07, 6.45) is 11.1. The fourth-order valence-electron chi connectivity index (χ4n) is 4.05. The first-order chi connectivity index (χ1) is 12.2. The third-order valence-corrected chi connectivity index (χ3v) is 5.51. The summed E-state index contributed by atoms with van der Waals surface area (Å²) in [5.74, 6) is 0.0238. The molecule has 5 heteroatoms. The van der Waals surface area contributed by atoms with E-state index >= 15 is 0 Å². The van der Waals surface area contributed by atoms with Gasteiger partial charge in [0, 0.05) is 25.6 Å². The van der Waals surface area contributed by atoms with Gasteiger partial charge in [-0.2, -0.15) is 0 Å². The maximum Gasteiger partial charge on any atom is 0.226 e. The number of carbonyl (C=O) groups excluding carboxylic acids is 1. The molecule has 1 aliphatic heterocycles. The van der Waals surface area contributed by atoms with Gasteiger partial charge >= 0.3 is 0 Å². The Bertz CT molecular complexity index is 802. The van der Waals surface area contributed by atoms with Crippen molar-refractivity contribution in [1.82, 2.24) is 14.5 Å². The molecule has 1 saturated heterocycles. The summed E-state index contributed by atoms with van der Waals surface area (Å²) in [6.45, 7) is 1.54. The molecule has 0 atom stereocenters. The Morgan fingerprint density at radius 1 is 1.24 bits per heavy atom. The fraction of sp³-hybridized carbons (Fsp3) is 0.500. The lowest BCUT2D eigenvalue weighted by Crippen LogP contribution is -2.39. The van der Waals surface area contributed by atoms with Crippen molar-refractivity contribution in [2.45, 2.75) is 51.0 Å². The predicted octanol–water partition coefficient (Wildman–Crippen LogP) is 4.23. The van der Waals surface area contributed by atoms with Crippen molar-refractivity contribution in [2.24, 2.45) is 0 Å². The van der Waals surface area contributed by atoms with Crippen LogP contribution in [0, 0.1) is 5.82 Å². The van der Waals surface area contributed by atoms with Crippen LogP contribution in [0.4, 0.5) is 4.39 Å². The number of rotatable bonds is 3. The number of allylic oxidation sites excluding steroid dienone is 1. The number of carbonyl (C=O) groups is 1. The van der Waals surface area contributed by atoms with E-state index in [-0.39, 0.29) is 17.8 Å². The number of nitrogens with zero attached hydrogens (tertiary/aromatic N) is 3. The normalized spacial score (nSPS) is 19.2. The molecule has 1 amide bonds. The number of fused-ring (bicyclic) bond motifs is 1. The molecule has 0 bridgehead atoms. The lowest BCUT2D eigenvalue weighted by molar-refractivity contribution is -0.131. The molecular weight excluding hydrogens is 317 g/mol. The van der Waals surface area contributed by atoms with Crippen LogP contribution in [-0.4, -0.2) is 33.4 Å². The first-order valence-electron chi connectivity index (χ1n) is 9.28. The second-order valence-corrected chi connectivity index (χ2v) is 7.18. The zero-order chi connectivity index (χ0) is 17.2. The minimum absolute atomic E-state index is 0.234. The van der Waals surface area contributed by atoms with Crippen LogP contribution in [0.15, 0.2) is 36.2 Å². The van der Waals surface area contributed by atoms with Crippen LogP contribution in [0.25, 0.3) is 11.0 Å². The lowest BCUT2D eigenvalue weighted by atomic mass is 9.96. The monoisotopic (exact) mass is 341 g/mol. The summed E-state index contributed by atoms with van der Waals surface area (Å²) in [6, 6.07) is 5.00. The molecule has 1 aliphatic carbocycles. The number of aromatic nitrogens is 2. The van der Waals surface area contributed by atoms with E-state index in [2.05, 4.69) is 15.6 Å². The molecule has 2 aromatic rings. The van der Waals surface area contributed by atoms with Crippen LogP contribution in [0.3, 0.4) is 0 Å². The van der Waals surface area contributed by atoms with E-state index < -0.39 is 0 Å². The van der Waals surface area contributed by atoms with Gasteiger partial charge in [0.2, 0.25) is 5.91 Å². The Hall–Kier alpha value is -2.17. The predicted molar refractivity (Wildman–Crippen MR) is 95.7 cm³/mol. The number of halogens is 1. The lowest BCUT2D eigenvalue weighted by Gasteiger charge is -2.33. The highest BCUT2D eigenvalue weighted by molar-refractivity contribution is 5.79. The van der Waals surface area contributed by atoms with Crippen LogP contribution < -0.4 is 0 Å². The van der Waals surface area contributed by atoms with Crippen LogP contribution in [0.1, 0.15) is 51.0 Å². The first kappa shape index (κ1) is 16.3. The van der Waals surface area contributed by atoms with E-state index in [0.717, 1.165) is 49.8 Å². The summed E-state index contributed by atoms with van der Waals surface area (Å²) >= 11 is 0. The summed E-state index contributed by atoms with van der Waals surface area (Å²) in [4.78, 5) is 18.9. The van der Waals surface area contributed by atoms with Crippen molar-refractivity contribution in [3.63, 3.8) is 0 Å². The zero-order valence-electron chi connectivity index (χ0n) is 14.5. The van der Waals surface area contributed by atoms with Crippen molar-refractivity contribution in [2.75, 3.05) is 13.1 Å². The summed E-state index contributed by atoms with van der Waals surface area (Å²) in [7, 11) is 0. The Labute approximate surface area is 147 Å². The Morgan fingerprint density at radius 2 is 2.08 bits per heavy atom.